The molecule has 2 rings (SSSR count). The molecule has 0 aromatic rings. The summed E-state index contributed by atoms with van der Waals surface area (Å²) in [5.74, 6) is 0.303. The largest absolute Gasteiger partial charge is 0.333 e. The highest BCUT2D eigenvalue weighted by atomic mass is 32.1. The summed E-state index contributed by atoms with van der Waals surface area (Å²) in [4.78, 5) is 4.08. The molecule has 0 bridgehead atoms. The Labute approximate surface area is 81.8 Å². The van der Waals surface area contributed by atoms with Gasteiger partial charge in [0.15, 0.2) is 5.11 Å². The number of thiocarbonyl (C=S) groups is 1. The smallest absolute Gasteiger partial charge is 0.189 e. The summed E-state index contributed by atoms with van der Waals surface area (Å²) in [6.07, 6.45) is 8.59. The fourth-order valence-electron chi connectivity index (χ4n) is 1.27. The molecule has 0 fully saturated rings. The van der Waals surface area contributed by atoms with E-state index in [4.69, 9.17) is 12.2 Å². The van der Waals surface area contributed by atoms with Gasteiger partial charge in [0.25, 0.3) is 0 Å². The molecule has 13 heavy (non-hydrogen) atoms. The minimum atomic E-state index is 0.303. The van der Waals surface area contributed by atoms with Crippen molar-refractivity contribution < 1.29 is 0 Å². The Hall–Kier alpha value is -1.36. The second kappa shape index (κ2) is 3.57. The zero-order valence-corrected chi connectivity index (χ0v) is 7.77. The minimum absolute atomic E-state index is 0.303. The highest BCUT2D eigenvalue weighted by Crippen LogP contribution is 2.14. The molecule has 1 atom stereocenters. The van der Waals surface area contributed by atoms with Gasteiger partial charge >= 0.3 is 0 Å². The van der Waals surface area contributed by atoms with Crippen molar-refractivity contribution in [1.82, 2.24) is 16.2 Å². The van der Waals surface area contributed by atoms with Crippen LogP contribution in [0.1, 0.15) is 6.42 Å². The van der Waals surface area contributed by atoms with Crippen LogP contribution >= 0.6 is 12.2 Å². The molecule has 1 unspecified atom stereocenters. The molecule has 0 aromatic heterocycles. The van der Waals surface area contributed by atoms with Gasteiger partial charge in [0, 0.05) is 30.2 Å². The average Bonchev–Trinajstić information content (AvgIpc) is 2.19. The van der Waals surface area contributed by atoms with E-state index in [0.717, 1.165) is 12.1 Å². The summed E-state index contributed by atoms with van der Waals surface area (Å²) in [6.45, 7) is 0. The summed E-state index contributed by atoms with van der Waals surface area (Å²) >= 11 is 4.96. The number of allylic oxidation sites excluding steroid dienone is 2. The van der Waals surface area contributed by atoms with Gasteiger partial charge in [-0.15, -0.1) is 0 Å². The van der Waals surface area contributed by atoms with Crippen LogP contribution in [0.4, 0.5) is 0 Å². The Kier molecular flexibility index (Phi) is 2.27. The monoisotopic (exact) mass is 194 g/mol. The van der Waals surface area contributed by atoms with Crippen LogP contribution < -0.4 is 16.2 Å². The van der Waals surface area contributed by atoms with Crippen LogP contribution in [0, 0.1) is 5.92 Å². The first-order valence-corrected chi connectivity index (χ1v) is 4.48. The SMILES string of the molecule is S=C1NNC=C(C2C=NC=CC2)N1. The lowest BCUT2D eigenvalue weighted by Crippen LogP contribution is -2.47. The van der Waals surface area contributed by atoms with Crippen LogP contribution in [0.3, 0.4) is 0 Å². The number of nitrogens with zero attached hydrogens (tertiary/aromatic N) is 1. The number of hydrogen-bond acceptors (Lipinski definition) is 3. The van der Waals surface area contributed by atoms with Gasteiger partial charge in [0.1, 0.15) is 0 Å². The first-order chi connectivity index (χ1) is 6.36. The van der Waals surface area contributed by atoms with E-state index in [2.05, 4.69) is 21.2 Å². The molecule has 0 spiro atoms. The van der Waals surface area contributed by atoms with E-state index < -0.39 is 0 Å². The van der Waals surface area contributed by atoms with E-state index >= 15 is 0 Å². The van der Waals surface area contributed by atoms with Crippen molar-refractivity contribution in [1.29, 1.82) is 0 Å². The van der Waals surface area contributed by atoms with E-state index in [9.17, 15) is 0 Å². The van der Waals surface area contributed by atoms with Gasteiger partial charge in [-0.05, 0) is 18.6 Å². The number of nitrogens with one attached hydrogen (secondary N) is 3. The molecule has 2 aliphatic rings. The van der Waals surface area contributed by atoms with Gasteiger partial charge in [-0.25, -0.2) is 0 Å². The molecule has 0 radical (unpaired) electrons. The molecule has 2 heterocycles. The average molecular weight is 194 g/mol. The molecular weight excluding hydrogens is 184 g/mol. The molecule has 0 aliphatic carbocycles. The molecule has 0 saturated heterocycles. The van der Waals surface area contributed by atoms with Gasteiger partial charge in [0.05, 0.1) is 0 Å². The third-order valence-electron chi connectivity index (χ3n) is 1.92. The third-order valence-corrected chi connectivity index (χ3v) is 2.12. The molecular formula is C8H10N4S. The van der Waals surface area contributed by atoms with E-state index in [-0.39, 0.29) is 0 Å². The second-order valence-electron chi connectivity index (χ2n) is 2.85. The molecule has 4 nitrogen and oxygen atoms in total. The van der Waals surface area contributed by atoms with Crippen molar-refractivity contribution in [2.45, 2.75) is 6.42 Å². The first-order valence-electron chi connectivity index (χ1n) is 4.07. The Morgan fingerprint density at radius 3 is 3.15 bits per heavy atom. The van der Waals surface area contributed by atoms with Crippen molar-refractivity contribution in [3.05, 3.63) is 24.2 Å². The molecule has 68 valence electrons. The fraction of sp³-hybridized carbons (Fsp3) is 0.250. The summed E-state index contributed by atoms with van der Waals surface area (Å²) in [5, 5.41) is 3.68. The van der Waals surface area contributed by atoms with Crippen molar-refractivity contribution in [2.75, 3.05) is 0 Å². The molecule has 5 heteroatoms. The summed E-state index contributed by atoms with van der Waals surface area (Å²) in [7, 11) is 0. The Morgan fingerprint density at radius 1 is 1.54 bits per heavy atom. The standard InChI is InChI=1S/C8H10N4S/c13-8-11-7(5-10-12-8)6-2-1-3-9-4-6/h1,3-6,10H,2H2,(H2,11,12,13). The van der Waals surface area contributed by atoms with Crippen LogP contribution in [0.15, 0.2) is 29.2 Å². The van der Waals surface area contributed by atoms with Gasteiger partial charge in [-0.1, -0.05) is 6.08 Å². The molecule has 3 N–H and O–H groups in total. The van der Waals surface area contributed by atoms with Gasteiger partial charge < -0.3 is 10.7 Å². The van der Waals surface area contributed by atoms with Gasteiger partial charge in [0.2, 0.25) is 0 Å². The number of hydrogen-bond donors (Lipinski definition) is 3. The summed E-state index contributed by atoms with van der Waals surface area (Å²) in [5.41, 5.74) is 6.72. The Morgan fingerprint density at radius 2 is 2.46 bits per heavy atom. The Bertz CT molecular complexity index is 305. The van der Waals surface area contributed by atoms with Crippen LogP contribution in [0.5, 0.6) is 0 Å². The first kappa shape index (κ1) is 8.25. The number of hydrazine groups is 1. The normalized spacial score (nSPS) is 25.7. The second-order valence-corrected chi connectivity index (χ2v) is 3.26. The number of rotatable bonds is 1. The quantitative estimate of drug-likeness (QED) is 0.529. The van der Waals surface area contributed by atoms with E-state index in [1.54, 1.807) is 0 Å². The molecule has 0 aromatic carbocycles. The van der Waals surface area contributed by atoms with Crippen LogP contribution in [-0.2, 0) is 0 Å². The van der Waals surface area contributed by atoms with Gasteiger partial charge in [-0.3, -0.25) is 10.4 Å². The van der Waals surface area contributed by atoms with Crippen LogP contribution in [0.25, 0.3) is 0 Å². The topological polar surface area (TPSA) is 48.5 Å². The van der Waals surface area contributed by atoms with Crippen molar-refractivity contribution in [2.24, 2.45) is 10.9 Å². The zero-order valence-electron chi connectivity index (χ0n) is 6.95. The van der Waals surface area contributed by atoms with Gasteiger partial charge in [-0.2, -0.15) is 0 Å². The maximum Gasteiger partial charge on any atom is 0.189 e. The lowest BCUT2D eigenvalue weighted by Gasteiger charge is -2.23. The van der Waals surface area contributed by atoms with Crippen molar-refractivity contribution >= 4 is 23.5 Å². The zero-order chi connectivity index (χ0) is 9.10. The van der Waals surface area contributed by atoms with Crippen LogP contribution in [0.2, 0.25) is 0 Å². The summed E-state index contributed by atoms with van der Waals surface area (Å²) < 4.78 is 0. The lowest BCUT2D eigenvalue weighted by atomic mass is 10.0. The minimum Gasteiger partial charge on any atom is -0.333 e. The summed E-state index contributed by atoms with van der Waals surface area (Å²) in [6, 6.07) is 0. The molecule has 0 saturated carbocycles. The van der Waals surface area contributed by atoms with E-state index in [0.29, 0.717) is 11.0 Å². The van der Waals surface area contributed by atoms with Crippen LogP contribution in [-0.4, -0.2) is 11.3 Å². The Balaban J connectivity index is 2.08. The fourth-order valence-corrected chi connectivity index (χ4v) is 1.44. The molecule has 2 aliphatic heterocycles. The molecule has 0 amide bonds. The van der Waals surface area contributed by atoms with Crippen molar-refractivity contribution in [3.63, 3.8) is 0 Å². The predicted octanol–water partition coefficient (Wildman–Crippen LogP) is 0.414. The highest BCUT2D eigenvalue weighted by molar-refractivity contribution is 7.80. The predicted molar refractivity (Wildman–Crippen MR) is 55.8 cm³/mol. The van der Waals surface area contributed by atoms with E-state index in [1.807, 2.05) is 24.7 Å². The van der Waals surface area contributed by atoms with Crippen molar-refractivity contribution in [3.8, 4) is 0 Å². The lowest BCUT2D eigenvalue weighted by molar-refractivity contribution is 0.687. The number of aliphatic imine (C=N–C) groups is 1. The van der Waals surface area contributed by atoms with E-state index in [1.165, 1.54) is 0 Å². The highest BCUT2D eigenvalue weighted by Gasteiger charge is 2.15. The third kappa shape index (κ3) is 1.86. The maximum absolute atomic E-state index is 4.96. The maximum atomic E-state index is 4.96.